The molecule has 0 N–H and O–H groups in total. The van der Waals surface area contributed by atoms with Crippen LogP contribution in [0.3, 0.4) is 0 Å². The first-order chi connectivity index (χ1) is 16.0. The highest BCUT2D eigenvalue weighted by atomic mass is 16.1. The van der Waals surface area contributed by atoms with Crippen LogP contribution in [0.4, 0.5) is 0 Å². The minimum absolute atomic E-state index is 0.136. The first-order valence-corrected chi connectivity index (χ1v) is 11.2. The Morgan fingerprint density at radius 3 is 0.818 bits per heavy atom. The van der Waals surface area contributed by atoms with Gasteiger partial charge in [0, 0.05) is 52.3 Å². The topological polar surface area (TPSA) is 66.0 Å². The zero-order valence-electron chi connectivity index (χ0n) is 19.1. The molecule has 0 aliphatic carbocycles. The van der Waals surface area contributed by atoms with Gasteiger partial charge in [0.15, 0.2) is 0 Å². The second-order valence-corrected chi connectivity index (χ2v) is 7.79. The van der Waals surface area contributed by atoms with E-state index < -0.39 is 0 Å². The lowest BCUT2D eigenvalue weighted by Crippen LogP contribution is -2.20. The van der Waals surface area contributed by atoms with Crippen molar-refractivity contribution in [3.63, 3.8) is 0 Å². The van der Waals surface area contributed by atoms with Crippen molar-refractivity contribution in [3.05, 3.63) is 104 Å². The molecule has 7 aromatic rings. The molecule has 0 unspecified atom stereocenters. The van der Waals surface area contributed by atoms with E-state index >= 15 is 0 Å². The molecule has 4 aromatic heterocycles. The molecule has 0 amide bonds. The highest BCUT2D eigenvalue weighted by molar-refractivity contribution is 5.65. The Morgan fingerprint density at radius 1 is 0.424 bits per heavy atom. The van der Waals surface area contributed by atoms with E-state index in [1.54, 1.807) is 86.5 Å². The number of rotatable bonds is 3. The minimum Gasteiger partial charge on any atom is -0.309 e. The van der Waals surface area contributed by atoms with E-state index in [4.69, 9.17) is 0 Å². The largest absolute Gasteiger partial charge is 0.309 e. The van der Waals surface area contributed by atoms with Crippen molar-refractivity contribution in [2.24, 2.45) is 0 Å². The Bertz CT molecular complexity index is 1380. The van der Waals surface area contributed by atoms with Gasteiger partial charge in [0.25, 0.3) is 16.7 Å². The van der Waals surface area contributed by atoms with Gasteiger partial charge in [0.2, 0.25) is 0 Å². The van der Waals surface area contributed by atoms with Gasteiger partial charge in [-0.2, -0.15) is 0 Å². The molecule has 0 fully saturated rings. The SMILES string of the molecule is CCn1c(=O)c2ccc(cc2)n(CC)c(=O)c2ccc(cc2)n(CC)c(=O)c2ccc1cc2. The van der Waals surface area contributed by atoms with Crippen LogP contribution in [0.1, 0.15) is 20.8 Å². The highest BCUT2D eigenvalue weighted by Crippen LogP contribution is 2.08. The molecule has 4 heterocycles. The number of nitrogens with zero attached hydrogens (tertiary/aromatic N) is 3. The monoisotopic (exact) mass is 441 g/mol. The summed E-state index contributed by atoms with van der Waals surface area (Å²) < 4.78 is 5.01. The van der Waals surface area contributed by atoms with Gasteiger partial charge in [-0.05, 0) is 93.6 Å². The van der Waals surface area contributed by atoms with Gasteiger partial charge >= 0.3 is 0 Å². The predicted molar refractivity (Wildman–Crippen MR) is 135 cm³/mol. The standard InChI is InChI=1S/C27H27N3O3/c1-4-28-22-13-7-20(8-14-22)26(32)30(6-3)24-17-11-21(12-18-24)27(33)29(5-2)23-15-9-19(10-16-23)25(28)31/h7-18H,4-6H2,1-3H3. The maximum Gasteiger partial charge on any atom is 0.258 e. The summed E-state index contributed by atoms with van der Waals surface area (Å²) in [7, 11) is 0. The van der Waals surface area contributed by atoms with Gasteiger partial charge in [-0.1, -0.05) is 0 Å². The number of aromatic nitrogens is 3. The fourth-order valence-electron chi connectivity index (χ4n) is 4.15. The van der Waals surface area contributed by atoms with Gasteiger partial charge in [0.05, 0.1) is 0 Å². The molecule has 0 radical (unpaired) electrons. The third-order valence-electron chi connectivity index (χ3n) is 5.96. The fourth-order valence-corrected chi connectivity index (χ4v) is 4.15. The summed E-state index contributed by atoms with van der Waals surface area (Å²) >= 11 is 0. The zero-order chi connectivity index (χ0) is 23.5. The molecule has 6 bridgehead atoms. The van der Waals surface area contributed by atoms with Crippen LogP contribution >= 0.6 is 0 Å². The van der Waals surface area contributed by atoms with E-state index in [9.17, 15) is 14.4 Å². The molecular formula is C27H27N3O3. The lowest BCUT2D eigenvalue weighted by atomic mass is 10.2. The summed E-state index contributed by atoms with van der Waals surface area (Å²) in [5.74, 6) is 0. The molecular weight excluding hydrogens is 414 g/mol. The van der Waals surface area contributed by atoms with Gasteiger partial charge in [0.1, 0.15) is 0 Å². The predicted octanol–water partition coefficient (Wildman–Crippen LogP) is 4.38. The summed E-state index contributed by atoms with van der Waals surface area (Å²) in [5.41, 5.74) is 1.77. The molecule has 6 nitrogen and oxygen atoms in total. The summed E-state index contributed by atoms with van der Waals surface area (Å²) in [5, 5.41) is 1.60. The Balaban J connectivity index is 2.26. The van der Waals surface area contributed by atoms with E-state index in [1.165, 1.54) is 0 Å². The number of aryl methyl sites for hydroxylation is 3. The molecule has 6 heteroatoms. The first kappa shape index (κ1) is 22.3. The molecule has 7 rings (SSSR count). The summed E-state index contributed by atoms with van der Waals surface area (Å²) in [6.45, 7) is 7.20. The van der Waals surface area contributed by atoms with Crippen LogP contribution in [0, 0.1) is 0 Å². The van der Waals surface area contributed by atoms with Crippen molar-refractivity contribution < 1.29 is 0 Å². The Labute approximate surface area is 191 Å². The summed E-state index contributed by atoms with van der Waals surface area (Å²) in [6, 6.07) is 21.3. The Kier molecular flexibility index (Phi) is 6.27. The minimum atomic E-state index is -0.136. The van der Waals surface area contributed by atoms with Gasteiger partial charge in [-0.3, -0.25) is 14.4 Å². The second-order valence-electron chi connectivity index (χ2n) is 7.79. The van der Waals surface area contributed by atoms with Crippen LogP contribution in [0.2, 0.25) is 0 Å². The molecule has 0 aliphatic heterocycles. The molecule has 0 saturated carbocycles. The highest BCUT2D eigenvalue weighted by Gasteiger charge is 2.03. The molecule has 3 aromatic carbocycles. The lowest BCUT2D eigenvalue weighted by molar-refractivity contribution is 0.761. The van der Waals surface area contributed by atoms with E-state index in [0.717, 1.165) is 16.6 Å². The van der Waals surface area contributed by atoms with Crippen molar-refractivity contribution in [1.29, 1.82) is 0 Å². The van der Waals surface area contributed by atoms with Crippen molar-refractivity contribution in [2.75, 3.05) is 0 Å². The van der Waals surface area contributed by atoms with Crippen LogP contribution in [0.5, 0.6) is 0 Å². The van der Waals surface area contributed by atoms with Gasteiger partial charge in [-0.25, -0.2) is 0 Å². The number of hydrogen-bond donors (Lipinski definition) is 0. The number of fused-ring (bicyclic) bond motifs is 3. The van der Waals surface area contributed by atoms with Crippen molar-refractivity contribution in [3.8, 4) is 0 Å². The summed E-state index contributed by atoms with van der Waals surface area (Å²) in [4.78, 5) is 39.6. The molecule has 33 heavy (non-hydrogen) atoms. The quantitative estimate of drug-likeness (QED) is 0.474. The normalized spacial score (nSPS) is 11.0. The number of benzene rings is 3. The van der Waals surface area contributed by atoms with Crippen LogP contribution in [0.25, 0.3) is 32.7 Å². The van der Waals surface area contributed by atoms with Crippen LogP contribution < -0.4 is 16.7 Å². The van der Waals surface area contributed by atoms with Crippen LogP contribution in [0.15, 0.2) is 87.2 Å². The molecule has 0 aliphatic rings. The second kappa shape index (κ2) is 9.28. The Morgan fingerprint density at radius 2 is 0.636 bits per heavy atom. The van der Waals surface area contributed by atoms with E-state index in [1.807, 2.05) is 20.8 Å². The van der Waals surface area contributed by atoms with Crippen molar-refractivity contribution in [1.82, 2.24) is 13.7 Å². The van der Waals surface area contributed by atoms with E-state index in [0.29, 0.717) is 35.8 Å². The maximum atomic E-state index is 13.2. The molecule has 0 atom stereocenters. The van der Waals surface area contributed by atoms with Gasteiger partial charge in [-0.15, -0.1) is 0 Å². The van der Waals surface area contributed by atoms with Crippen LogP contribution in [-0.4, -0.2) is 13.7 Å². The smallest absolute Gasteiger partial charge is 0.258 e. The molecule has 0 saturated heterocycles. The van der Waals surface area contributed by atoms with Crippen LogP contribution in [-0.2, 0) is 19.6 Å². The molecule has 0 spiro atoms. The van der Waals surface area contributed by atoms with Crippen molar-refractivity contribution >= 4 is 32.7 Å². The molecule has 168 valence electrons. The zero-order valence-corrected chi connectivity index (χ0v) is 19.1. The third kappa shape index (κ3) is 4.12. The lowest BCUT2D eigenvalue weighted by Gasteiger charge is -2.06. The van der Waals surface area contributed by atoms with Crippen molar-refractivity contribution in [2.45, 2.75) is 40.4 Å². The fraction of sp³-hybridized carbons (Fsp3) is 0.222. The average Bonchev–Trinajstić information content (AvgIpc) is 2.86. The van der Waals surface area contributed by atoms with E-state index in [-0.39, 0.29) is 16.7 Å². The third-order valence-corrected chi connectivity index (χ3v) is 5.96. The number of hydrogen-bond acceptors (Lipinski definition) is 3. The van der Waals surface area contributed by atoms with E-state index in [2.05, 4.69) is 0 Å². The Hall–Kier alpha value is -3.93. The average molecular weight is 442 g/mol. The summed E-state index contributed by atoms with van der Waals surface area (Å²) in [6.07, 6.45) is 0. The maximum absolute atomic E-state index is 13.2. The first-order valence-electron chi connectivity index (χ1n) is 11.2. The van der Waals surface area contributed by atoms with Gasteiger partial charge < -0.3 is 13.7 Å².